The van der Waals surface area contributed by atoms with E-state index < -0.39 is 0 Å². The number of ether oxygens (including phenoxy) is 1. The van der Waals surface area contributed by atoms with Gasteiger partial charge in [-0.15, -0.1) is 35.3 Å². The SMILES string of the molecule is CC(CNC(=NCC(=O)N(C)C)NCC1CCCCO1)Cc1cccs1.I. The van der Waals surface area contributed by atoms with Crippen LogP contribution in [0.2, 0.25) is 0 Å². The molecular weight excluding hydrogens is 475 g/mol. The third kappa shape index (κ3) is 9.75. The van der Waals surface area contributed by atoms with Gasteiger partial charge in [0.25, 0.3) is 0 Å². The molecule has 6 nitrogen and oxygen atoms in total. The minimum atomic E-state index is -0.00773. The predicted molar refractivity (Wildman–Crippen MR) is 123 cm³/mol. The first-order valence-electron chi connectivity index (χ1n) is 9.41. The number of amides is 1. The number of rotatable bonds is 8. The molecule has 1 aromatic rings. The zero-order valence-electron chi connectivity index (χ0n) is 16.6. The summed E-state index contributed by atoms with van der Waals surface area (Å²) in [4.78, 5) is 19.2. The summed E-state index contributed by atoms with van der Waals surface area (Å²) in [6.07, 6.45) is 4.70. The van der Waals surface area contributed by atoms with Gasteiger partial charge in [0.15, 0.2) is 5.96 Å². The highest BCUT2D eigenvalue weighted by atomic mass is 127. The summed E-state index contributed by atoms with van der Waals surface area (Å²) in [5, 5.41) is 8.84. The minimum Gasteiger partial charge on any atom is -0.376 e. The molecule has 2 N–H and O–H groups in total. The molecule has 8 heteroatoms. The Hall–Kier alpha value is -0.870. The van der Waals surface area contributed by atoms with Crippen LogP contribution >= 0.6 is 35.3 Å². The maximum absolute atomic E-state index is 11.8. The van der Waals surface area contributed by atoms with Crippen molar-refractivity contribution in [2.75, 3.05) is 40.3 Å². The topological polar surface area (TPSA) is 66.0 Å². The first-order chi connectivity index (χ1) is 12.5. The highest BCUT2D eigenvalue weighted by Crippen LogP contribution is 2.14. The van der Waals surface area contributed by atoms with Gasteiger partial charge in [-0.2, -0.15) is 0 Å². The summed E-state index contributed by atoms with van der Waals surface area (Å²) < 4.78 is 5.77. The van der Waals surface area contributed by atoms with E-state index in [1.165, 1.54) is 11.3 Å². The normalized spacial score (nSPS) is 18.3. The maximum atomic E-state index is 11.8. The lowest BCUT2D eigenvalue weighted by molar-refractivity contribution is -0.127. The fourth-order valence-corrected chi connectivity index (χ4v) is 3.63. The number of carbonyl (C=O) groups excluding carboxylic acids is 1. The van der Waals surface area contributed by atoms with Crippen LogP contribution in [-0.2, 0) is 16.0 Å². The summed E-state index contributed by atoms with van der Waals surface area (Å²) in [5.41, 5.74) is 0. The predicted octanol–water partition coefficient (Wildman–Crippen LogP) is 2.74. The van der Waals surface area contributed by atoms with E-state index in [-0.39, 0.29) is 42.5 Å². The number of hydrogen-bond donors (Lipinski definition) is 2. The Morgan fingerprint density at radius 3 is 2.85 bits per heavy atom. The summed E-state index contributed by atoms with van der Waals surface area (Å²) in [6.45, 7) is 4.74. The minimum absolute atomic E-state index is 0. The fourth-order valence-electron chi connectivity index (χ4n) is 2.76. The quantitative estimate of drug-likeness (QED) is 0.322. The smallest absolute Gasteiger partial charge is 0.243 e. The largest absolute Gasteiger partial charge is 0.376 e. The van der Waals surface area contributed by atoms with Gasteiger partial charge in [0, 0.05) is 38.7 Å². The standard InChI is InChI=1S/C19H32N4O2S.HI/c1-15(11-17-8-6-10-26-17)12-20-19(22-14-18(24)23(2)3)21-13-16-7-4-5-9-25-16;/h6,8,10,15-16H,4-5,7,9,11-14H2,1-3H3,(H2,20,21,22);1H. The maximum Gasteiger partial charge on any atom is 0.243 e. The van der Waals surface area contributed by atoms with Crippen molar-refractivity contribution in [3.8, 4) is 0 Å². The number of guanidine groups is 1. The lowest BCUT2D eigenvalue weighted by Crippen LogP contribution is -2.44. The third-order valence-electron chi connectivity index (χ3n) is 4.39. The van der Waals surface area contributed by atoms with Crippen LogP contribution in [0.3, 0.4) is 0 Å². The first kappa shape index (κ1) is 24.2. The van der Waals surface area contributed by atoms with Crippen LogP contribution in [0.25, 0.3) is 0 Å². The van der Waals surface area contributed by atoms with Gasteiger partial charge >= 0.3 is 0 Å². The molecule has 1 aromatic heterocycles. The second-order valence-corrected chi connectivity index (χ2v) is 8.12. The van der Waals surface area contributed by atoms with Crippen LogP contribution in [0.5, 0.6) is 0 Å². The molecule has 0 bridgehead atoms. The van der Waals surface area contributed by atoms with E-state index in [2.05, 4.69) is 40.1 Å². The summed E-state index contributed by atoms with van der Waals surface area (Å²) in [6, 6.07) is 4.26. The van der Waals surface area contributed by atoms with Gasteiger partial charge in [-0.1, -0.05) is 13.0 Å². The van der Waals surface area contributed by atoms with Crippen molar-refractivity contribution in [3.05, 3.63) is 22.4 Å². The van der Waals surface area contributed by atoms with Gasteiger partial charge < -0.3 is 20.3 Å². The Bertz CT molecular complexity index is 560. The van der Waals surface area contributed by atoms with E-state index in [0.717, 1.165) is 39.0 Å². The number of nitrogens with zero attached hydrogens (tertiary/aromatic N) is 2. The number of halogens is 1. The molecule has 0 aliphatic carbocycles. The van der Waals surface area contributed by atoms with E-state index >= 15 is 0 Å². The van der Waals surface area contributed by atoms with Crippen LogP contribution in [-0.4, -0.2) is 63.2 Å². The Labute approximate surface area is 184 Å². The van der Waals surface area contributed by atoms with Gasteiger partial charge in [-0.25, -0.2) is 4.99 Å². The van der Waals surface area contributed by atoms with Gasteiger partial charge in [0.1, 0.15) is 6.54 Å². The molecule has 1 aliphatic heterocycles. The number of carbonyl (C=O) groups is 1. The molecule has 1 amide bonds. The number of thiophene rings is 1. The highest BCUT2D eigenvalue weighted by Gasteiger charge is 2.15. The number of aliphatic imine (C=N–C) groups is 1. The van der Waals surface area contributed by atoms with Crippen molar-refractivity contribution in [1.82, 2.24) is 15.5 Å². The van der Waals surface area contributed by atoms with E-state index in [1.54, 1.807) is 30.3 Å². The van der Waals surface area contributed by atoms with Gasteiger partial charge in [-0.3, -0.25) is 4.79 Å². The van der Waals surface area contributed by atoms with Gasteiger partial charge in [-0.05, 0) is 43.0 Å². The molecule has 0 radical (unpaired) electrons. The highest BCUT2D eigenvalue weighted by molar-refractivity contribution is 14.0. The zero-order valence-corrected chi connectivity index (χ0v) is 19.7. The lowest BCUT2D eigenvalue weighted by Gasteiger charge is -2.24. The van der Waals surface area contributed by atoms with Crippen LogP contribution < -0.4 is 10.6 Å². The number of likely N-dealkylation sites (N-methyl/N-ethyl adjacent to an activating group) is 1. The Balaban J connectivity index is 0.00000364. The van der Waals surface area contributed by atoms with Crippen LogP contribution in [0, 0.1) is 5.92 Å². The molecule has 154 valence electrons. The second-order valence-electron chi connectivity index (χ2n) is 7.09. The molecule has 2 unspecified atom stereocenters. The molecule has 2 atom stereocenters. The number of nitrogens with one attached hydrogen (secondary N) is 2. The van der Waals surface area contributed by atoms with Crippen molar-refractivity contribution in [2.24, 2.45) is 10.9 Å². The second kappa shape index (κ2) is 13.3. The summed E-state index contributed by atoms with van der Waals surface area (Å²) in [5.74, 6) is 1.16. The Morgan fingerprint density at radius 2 is 2.22 bits per heavy atom. The van der Waals surface area contributed by atoms with Crippen LogP contribution in [0.4, 0.5) is 0 Å². The lowest BCUT2D eigenvalue weighted by atomic mass is 10.1. The molecule has 27 heavy (non-hydrogen) atoms. The van der Waals surface area contributed by atoms with Gasteiger partial charge in [0.05, 0.1) is 6.10 Å². The van der Waals surface area contributed by atoms with Gasteiger partial charge in [0.2, 0.25) is 5.91 Å². The van der Waals surface area contributed by atoms with Crippen molar-refractivity contribution in [3.63, 3.8) is 0 Å². The van der Waals surface area contributed by atoms with E-state index in [4.69, 9.17) is 4.74 Å². The van der Waals surface area contributed by atoms with E-state index in [0.29, 0.717) is 11.9 Å². The molecule has 1 fully saturated rings. The van der Waals surface area contributed by atoms with Crippen LogP contribution in [0.15, 0.2) is 22.5 Å². The van der Waals surface area contributed by atoms with E-state index in [9.17, 15) is 4.79 Å². The van der Waals surface area contributed by atoms with Crippen LogP contribution in [0.1, 0.15) is 31.1 Å². The van der Waals surface area contributed by atoms with Crippen molar-refractivity contribution >= 4 is 47.2 Å². The average Bonchev–Trinajstić information content (AvgIpc) is 3.14. The molecule has 0 spiro atoms. The monoisotopic (exact) mass is 508 g/mol. The average molecular weight is 508 g/mol. The molecule has 0 aromatic carbocycles. The molecule has 1 saturated heterocycles. The first-order valence-corrected chi connectivity index (χ1v) is 10.3. The Morgan fingerprint density at radius 1 is 1.41 bits per heavy atom. The third-order valence-corrected chi connectivity index (χ3v) is 5.29. The summed E-state index contributed by atoms with van der Waals surface area (Å²) in [7, 11) is 3.49. The molecule has 2 rings (SSSR count). The molecule has 2 heterocycles. The van der Waals surface area contributed by atoms with Crippen molar-refractivity contribution < 1.29 is 9.53 Å². The Kier molecular flexibility index (Phi) is 11.9. The zero-order chi connectivity index (χ0) is 18.8. The molecule has 0 saturated carbocycles. The van der Waals surface area contributed by atoms with Crippen molar-refractivity contribution in [1.29, 1.82) is 0 Å². The molecular formula is C19H33IN4O2S. The fraction of sp³-hybridized carbons (Fsp3) is 0.684. The van der Waals surface area contributed by atoms with E-state index in [1.807, 2.05) is 0 Å². The van der Waals surface area contributed by atoms with Crippen molar-refractivity contribution in [2.45, 2.75) is 38.7 Å². The number of hydrogen-bond acceptors (Lipinski definition) is 4. The summed E-state index contributed by atoms with van der Waals surface area (Å²) >= 11 is 1.79. The molecule has 1 aliphatic rings.